The predicted molar refractivity (Wildman–Crippen MR) is 143 cm³/mol. The molecule has 0 saturated heterocycles. The molecular weight excluding hydrogens is 512 g/mol. The van der Waals surface area contributed by atoms with Crippen LogP contribution in [0.25, 0.3) is 0 Å². The fraction of sp³-hybridized carbons (Fsp3) is 0.370. The van der Waals surface area contributed by atoms with Gasteiger partial charge in [-0.25, -0.2) is 9.48 Å². The number of fused-ring (bicyclic) bond motifs is 1. The lowest BCUT2D eigenvalue weighted by atomic mass is 9.94. The number of phenolic OH excluding ortho intramolecular Hbond substituents is 1. The van der Waals surface area contributed by atoms with Crippen LogP contribution in [0.1, 0.15) is 56.2 Å². The van der Waals surface area contributed by atoms with Crippen LogP contribution >= 0.6 is 23.4 Å². The number of nitrogens with one attached hydrogen (secondary N) is 1. The molecule has 0 radical (unpaired) electrons. The lowest BCUT2D eigenvalue weighted by Crippen LogP contribution is -2.32. The molecule has 1 atom stereocenters. The van der Waals surface area contributed by atoms with Gasteiger partial charge in [-0.15, -0.1) is 5.10 Å². The molecule has 1 unspecified atom stereocenters. The number of anilines is 1. The van der Waals surface area contributed by atoms with Crippen LogP contribution in [-0.4, -0.2) is 39.1 Å². The van der Waals surface area contributed by atoms with E-state index in [0.717, 1.165) is 36.8 Å². The van der Waals surface area contributed by atoms with Gasteiger partial charge in [0.05, 0.1) is 12.7 Å². The summed E-state index contributed by atoms with van der Waals surface area (Å²) >= 11 is 7.79. The molecule has 1 aliphatic carbocycles. The van der Waals surface area contributed by atoms with Crippen LogP contribution in [0.3, 0.4) is 0 Å². The van der Waals surface area contributed by atoms with E-state index in [1.807, 2.05) is 31.2 Å². The summed E-state index contributed by atoms with van der Waals surface area (Å²) in [6.45, 7) is 1.84. The topological polar surface area (TPSA) is 98.5 Å². The molecule has 0 spiro atoms. The second kappa shape index (κ2) is 11.1. The Balaban J connectivity index is 1.49. The maximum Gasteiger partial charge on any atom is 0.338 e. The van der Waals surface area contributed by atoms with E-state index in [1.165, 1.54) is 25.3 Å². The molecule has 37 heavy (non-hydrogen) atoms. The second-order valence-electron chi connectivity index (χ2n) is 9.21. The molecule has 1 saturated carbocycles. The van der Waals surface area contributed by atoms with Crippen molar-refractivity contribution in [3.05, 3.63) is 69.9 Å². The Morgan fingerprint density at radius 1 is 1.22 bits per heavy atom. The van der Waals surface area contributed by atoms with Gasteiger partial charge in [0.25, 0.3) is 0 Å². The number of halogens is 1. The summed E-state index contributed by atoms with van der Waals surface area (Å²) in [6.07, 6.45) is 4.96. The molecule has 8 nitrogen and oxygen atoms in total. The highest BCUT2D eigenvalue weighted by molar-refractivity contribution is 7.98. The van der Waals surface area contributed by atoms with Crippen LogP contribution in [0.4, 0.5) is 5.95 Å². The summed E-state index contributed by atoms with van der Waals surface area (Å²) in [7, 11) is 1.49. The van der Waals surface area contributed by atoms with Gasteiger partial charge in [0.15, 0.2) is 11.5 Å². The maximum atomic E-state index is 13.6. The van der Waals surface area contributed by atoms with E-state index in [2.05, 4.69) is 10.3 Å². The number of allylic oxidation sites excluding steroid dienone is 1. The molecule has 2 heterocycles. The van der Waals surface area contributed by atoms with Crippen LogP contribution in [-0.2, 0) is 15.3 Å². The first kappa shape index (κ1) is 25.5. The van der Waals surface area contributed by atoms with Gasteiger partial charge in [0.1, 0.15) is 12.1 Å². The van der Waals surface area contributed by atoms with Crippen molar-refractivity contribution in [3.8, 4) is 11.5 Å². The summed E-state index contributed by atoms with van der Waals surface area (Å²) in [5.41, 5.74) is 2.82. The number of aromatic hydroxyl groups is 1. The van der Waals surface area contributed by atoms with Crippen LogP contribution < -0.4 is 10.1 Å². The largest absolute Gasteiger partial charge is 0.504 e. The van der Waals surface area contributed by atoms with Gasteiger partial charge in [-0.05, 0) is 61.9 Å². The van der Waals surface area contributed by atoms with Crippen molar-refractivity contribution in [1.29, 1.82) is 0 Å². The van der Waals surface area contributed by atoms with Gasteiger partial charge >= 0.3 is 5.97 Å². The van der Waals surface area contributed by atoms with E-state index in [-0.39, 0.29) is 17.8 Å². The van der Waals surface area contributed by atoms with Gasteiger partial charge in [-0.1, -0.05) is 54.0 Å². The number of benzene rings is 2. The Bertz CT molecular complexity index is 1340. The average Bonchev–Trinajstić information content (AvgIpc) is 3.30. The second-order valence-corrected chi connectivity index (χ2v) is 10.6. The van der Waals surface area contributed by atoms with Gasteiger partial charge < -0.3 is 19.9 Å². The zero-order chi connectivity index (χ0) is 25.9. The fourth-order valence-electron chi connectivity index (χ4n) is 4.78. The molecule has 5 rings (SSSR count). The third-order valence-electron chi connectivity index (χ3n) is 6.71. The van der Waals surface area contributed by atoms with Gasteiger partial charge in [0.2, 0.25) is 11.1 Å². The maximum absolute atomic E-state index is 13.6. The molecule has 10 heteroatoms. The zero-order valence-electron chi connectivity index (χ0n) is 20.7. The van der Waals surface area contributed by atoms with E-state index in [4.69, 9.17) is 26.2 Å². The number of carbonyl (C=O) groups excluding carboxylic acids is 1. The third kappa shape index (κ3) is 5.43. The Morgan fingerprint density at radius 3 is 2.76 bits per heavy atom. The summed E-state index contributed by atoms with van der Waals surface area (Å²) < 4.78 is 13.0. The third-order valence-corrected chi connectivity index (χ3v) is 7.97. The van der Waals surface area contributed by atoms with E-state index in [9.17, 15) is 9.90 Å². The number of phenols is 1. The van der Waals surface area contributed by atoms with Gasteiger partial charge in [-0.3, -0.25) is 0 Å². The summed E-state index contributed by atoms with van der Waals surface area (Å²) in [5.74, 6) is 1.07. The van der Waals surface area contributed by atoms with Crippen LogP contribution in [0.5, 0.6) is 11.5 Å². The highest BCUT2D eigenvalue weighted by Gasteiger charge is 2.36. The minimum Gasteiger partial charge on any atom is -0.504 e. The number of methoxy groups -OCH3 is 1. The summed E-state index contributed by atoms with van der Waals surface area (Å²) in [4.78, 5) is 18.2. The standard InChI is InChI=1S/C27H29ClN4O4S/c1-16-23(25(34)36-19-9-4-3-5-10-19)24(17-12-13-21(33)22(14-17)35-2)32-26(29-16)30-27(31-32)37-15-18-8-6-7-11-20(18)28/h6-8,11-14,19,24,33H,3-5,9-10,15H2,1-2H3,(H,29,30,31). The van der Waals surface area contributed by atoms with Gasteiger partial charge in [-0.2, -0.15) is 4.98 Å². The lowest BCUT2D eigenvalue weighted by Gasteiger charge is -2.30. The van der Waals surface area contributed by atoms with E-state index >= 15 is 0 Å². The number of ether oxygens (including phenoxy) is 2. The SMILES string of the molecule is COc1cc(C2C(C(=O)OC3CCCCC3)=C(C)Nc3nc(SCc4ccccc4Cl)nn32)ccc1O. The lowest BCUT2D eigenvalue weighted by molar-refractivity contribution is -0.146. The van der Waals surface area contributed by atoms with Crippen molar-refractivity contribution in [2.75, 3.05) is 12.4 Å². The molecule has 2 N–H and O–H groups in total. The molecule has 0 amide bonds. The van der Waals surface area contributed by atoms with Crippen molar-refractivity contribution in [2.45, 2.75) is 62.1 Å². The molecule has 1 aromatic heterocycles. The van der Waals surface area contributed by atoms with Crippen molar-refractivity contribution in [1.82, 2.24) is 14.8 Å². The minimum atomic E-state index is -0.607. The quantitative estimate of drug-likeness (QED) is 0.274. The number of rotatable bonds is 7. The molecule has 1 fully saturated rings. The van der Waals surface area contributed by atoms with Gasteiger partial charge in [0, 0.05) is 16.5 Å². The predicted octanol–water partition coefficient (Wildman–Crippen LogP) is 6.10. The number of aromatic nitrogens is 3. The molecule has 2 aliphatic rings. The normalized spacial score (nSPS) is 17.8. The van der Waals surface area contributed by atoms with Crippen LogP contribution in [0, 0.1) is 0 Å². The number of esters is 1. The summed E-state index contributed by atoms with van der Waals surface area (Å²) in [5, 5.41) is 19.4. The monoisotopic (exact) mass is 540 g/mol. The van der Waals surface area contributed by atoms with E-state index in [0.29, 0.717) is 38.9 Å². The van der Waals surface area contributed by atoms with Crippen molar-refractivity contribution in [3.63, 3.8) is 0 Å². The number of carbonyl (C=O) groups is 1. The Labute approximate surface area is 225 Å². The van der Waals surface area contributed by atoms with Crippen molar-refractivity contribution in [2.24, 2.45) is 0 Å². The summed E-state index contributed by atoms with van der Waals surface area (Å²) in [6, 6.07) is 12.1. The fourth-order valence-corrected chi connectivity index (χ4v) is 5.90. The number of hydrogen-bond donors (Lipinski definition) is 2. The molecule has 1 aliphatic heterocycles. The Kier molecular flexibility index (Phi) is 7.62. The van der Waals surface area contributed by atoms with Crippen molar-refractivity contribution >= 4 is 35.3 Å². The first-order valence-electron chi connectivity index (χ1n) is 12.3. The smallest absolute Gasteiger partial charge is 0.338 e. The first-order valence-corrected chi connectivity index (χ1v) is 13.7. The number of nitrogens with zero attached hydrogens (tertiary/aromatic N) is 3. The van der Waals surface area contributed by atoms with E-state index < -0.39 is 6.04 Å². The Morgan fingerprint density at radius 2 is 2.00 bits per heavy atom. The van der Waals surface area contributed by atoms with Crippen molar-refractivity contribution < 1.29 is 19.4 Å². The highest BCUT2D eigenvalue weighted by atomic mass is 35.5. The molecule has 194 valence electrons. The average molecular weight is 541 g/mol. The first-order chi connectivity index (χ1) is 17.9. The Hall–Kier alpha value is -3.17. The molecule has 2 aromatic carbocycles. The zero-order valence-corrected chi connectivity index (χ0v) is 22.3. The molecular formula is C27H29ClN4O4S. The minimum absolute atomic E-state index is 0.0158. The molecule has 0 bridgehead atoms. The van der Waals surface area contributed by atoms with Crippen LogP contribution in [0.2, 0.25) is 5.02 Å². The number of thioether (sulfide) groups is 1. The van der Waals surface area contributed by atoms with Crippen LogP contribution in [0.15, 0.2) is 58.9 Å². The number of hydrogen-bond acceptors (Lipinski definition) is 8. The van der Waals surface area contributed by atoms with E-state index in [1.54, 1.807) is 22.9 Å². The highest BCUT2D eigenvalue weighted by Crippen LogP contribution is 2.40. The molecule has 3 aromatic rings.